The molecule has 6 nitrogen and oxygen atoms in total. The van der Waals surface area contributed by atoms with Gasteiger partial charge in [0.05, 0.1) is 6.04 Å². The molecule has 0 aliphatic carbocycles. The van der Waals surface area contributed by atoms with Gasteiger partial charge < -0.3 is 4.52 Å². The average Bonchev–Trinajstić information content (AvgIpc) is 3.22. The van der Waals surface area contributed by atoms with Crippen molar-refractivity contribution in [2.75, 3.05) is 27.2 Å². The van der Waals surface area contributed by atoms with Crippen molar-refractivity contribution in [1.29, 1.82) is 0 Å². The molecule has 1 fully saturated rings. The molecule has 0 aromatic carbocycles. The zero-order valence-electron chi connectivity index (χ0n) is 15.0. The van der Waals surface area contributed by atoms with E-state index in [0.29, 0.717) is 17.9 Å². The molecular weight excluding hydrogens is 302 g/mol. The van der Waals surface area contributed by atoms with Gasteiger partial charge >= 0.3 is 0 Å². The summed E-state index contributed by atoms with van der Waals surface area (Å²) in [5, 5.41) is 4.02. The lowest BCUT2D eigenvalue weighted by Crippen LogP contribution is -2.32. The number of likely N-dealkylation sites (tertiary alicyclic amines) is 1. The van der Waals surface area contributed by atoms with Gasteiger partial charge in [-0.1, -0.05) is 18.1 Å². The van der Waals surface area contributed by atoms with Crippen molar-refractivity contribution in [3.05, 3.63) is 41.8 Å². The molecule has 130 valence electrons. The second-order valence-electron chi connectivity index (χ2n) is 6.78. The minimum Gasteiger partial charge on any atom is -0.338 e. The van der Waals surface area contributed by atoms with Crippen molar-refractivity contribution < 1.29 is 4.52 Å². The number of pyridine rings is 1. The Labute approximate surface area is 143 Å². The summed E-state index contributed by atoms with van der Waals surface area (Å²) in [7, 11) is 4.34. The second kappa shape index (κ2) is 7.40. The van der Waals surface area contributed by atoms with Crippen LogP contribution in [0, 0.1) is 5.92 Å². The van der Waals surface area contributed by atoms with Crippen molar-refractivity contribution in [2.24, 2.45) is 5.92 Å². The standard InChI is InChI=1S/C18H27N5O/c1-5-16-20-18(24-21-16)13(2)23(4)12-15-8-10-22(3)17(15)14-7-6-9-19-11-14/h6-7,9,11,13,15,17H,5,8,10,12H2,1-4H3/t13?,15-,17-/m0/s1. The Hall–Kier alpha value is -1.79. The number of hydrogen-bond donors (Lipinski definition) is 0. The summed E-state index contributed by atoms with van der Waals surface area (Å²) in [4.78, 5) is 13.5. The van der Waals surface area contributed by atoms with Gasteiger partial charge in [0.25, 0.3) is 0 Å². The Balaban J connectivity index is 1.69. The molecule has 2 aromatic rings. The first-order valence-corrected chi connectivity index (χ1v) is 8.73. The summed E-state index contributed by atoms with van der Waals surface area (Å²) in [6.45, 7) is 6.28. The maximum atomic E-state index is 5.41. The van der Waals surface area contributed by atoms with E-state index in [2.05, 4.69) is 52.0 Å². The molecule has 1 aliphatic heterocycles. The van der Waals surface area contributed by atoms with Crippen LogP contribution in [0.1, 0.15) is 49.6 Å². The molecule has 0 spiro atoms. The molecule has 0 radical (unpaired) electrons. The zero-order chi connectivity index (χ0) is 17.1. The molecule has 1 aliphatic rings. The third-order valence-corrected chi connectivity index (χ3v) is 5.14. The molecule has 0 N–H and O–H groups in total. The Morgan fingerprint density at radius 3 is 2.96 bits per heavy atom. The number of aromatic nitrogens is 3. The normalized spacial score (nSPS) is 23.0. The summed E-state index contributed by atoms with van der Waals surface area (Å²) >= 11 is 0. The lowest BCUT2D eigenvalue weighted by atomic mass is 9.94. The number of hydrogen-bond acceptors (Lipinski definition) is 6. The summed E-state index contributed by atoms with van der Waals surface area (Å²) in [5.41, 5.74) is 1.30. The van der Waals surface area contributed by atoms with E-state index >= 15 is 0 Å². The molecule has 1 unspecified atom stereocenters. The molecule has 3 rings (SSSR count). The van der Waals surface area contributed by atoms with Crippen LogP contribution in [0.2, 0.25) is 0 Å². The monoisotopic (exact) mass is 329 g/mol. The minimum atomic E-state index is 0.123. The third-order valence-electron chi connectivity index (χ3n) is 5.14. The van der Waals surface area contributed by atoms with Gasteiger partial charge in [-0.15, -0.1) is 0 Å². The van der Waals surface area contributed by atoms with E-state index in [9.17, 15) is 0 Å². The van der Waals surface area contributed by atoms with E-state index in [1.54, 1.807) is 0 Å². The fourth-order valence-corrected chi connectivity index (χ4v) is 3.59. The first kappa shape index (κ1) is 17.0. The molecule has 3 atom stereocenters. The smallest absolute Gasteiger partial charge is 0.243 e. The van der Waals surface area contributed by atoms with Gasteiger partial charge in [0.2, 0.25) is 5.89 Å². The fraction of sp³-hybridized carbons (Fsp3) is 0.611. The van der Waals surface area contributed by atoms with Gasteiger partial charge in [-0.05, 0) is 51.5 Å². The van der Waals surface area contributed by atoms with E-state index in [1.807, 2.05) is 25.4 Å². The predicted octanol–water partition coefficient (Wildman–Crippen LogP) is 2.71. The minimum absolute atomic E-state index is 0.123. The van der Waals surface area contributed by atoms with Crippen LogP contribution in [0.5, 0.6) is 0 Å². The van der Waals surface area contributed by atoms with Crippen LogP contribution in [-0.2, 0) is 6.42 Å². The van der Waals surface area contributed by atoms with Crippen molar-refractivity contribution in [2.45, 2.75) is 38.8 Å². The molecule has 0 amide bonds. The van der Waals surface area contributed by atoms with Gasteiger partial charge in [-0.25, -0.2) is 0 Å². The third kappa shape index (κ3) is 3.49. The van der Waals surface area contributed by atoms with E-state index in [-0.39, 0.29) is 6.04 Å². The van der Waals surface area contributed by atoms with Crippen molar-refractivity contribution in [3.63, 3.8) is 0 Å². The highest BCUT2D eigenvalue weighted by atomic mass is 16.5. The van der Waals surface area contributed by atoms with E-state index < -0.39 is 0 Å². The molecular formula is C18H27N5O. The van der Waals surface area contributed by atoms with Gasteiger partial charge in [0, 0.05) is 31.4 Å². The quantitative estimate of drug-likeness (QED) is 0.812. The molecule has 24 heavy (non-hydrogen) atoms. The number of nitrogens with zero attached hydrogens (tertiary/aromatic N) is 5. The van der Waals surface area contributed by atoms with Crippen LogP contribution in [-0.4, -0.2) is 52.1 Å². The van der Waals surface area contributed by atoms with E-state index in [0.717, 1.165) is 25.3 Å². The fourth-order valence-electron chi connectivity index (χ4n) is 3.59. The van der Waals surface area contributed by atoms with Crippen molar-refractivity contribution in [3.8, 4) is 0 Å². The summed E-state index contributed by atoms with van der Waals surface area (Å²) < 4.78 is 5.41. The van der Waals surface area contributed by atoms with Crippen molar-refractivity contribution >= 4 is 0 Å². The van der Waals surface area contributed by atoms with Gasteiger partial charge in [-0.3, -0.25) is 14.8 Å². The van der Waals surface area contributed by atoms with Gasteiger partial charge in [0.1, 0.15) is 0 Å². The van der Waals surface area contributed by atoms with E-state index in [4.69, 9.17) is 4.52 Å². The zero-order valence-corrected chi connectivity index (χ0v) is 15.0. The Bertz CT molecular complexity index is 644. The van der Waals surface area contributed by atoms with Crippen LogP contribution in [0.4, 0.5) is 0 Å². The number of rotatable bonds is 6. The van der Waals surface area contributed by atoms with Crippen LogP contribution < -0.4 is 0 Å². The van der Waals surface area contributed by atoms with E-state index in [1.165, 1.54) is 12.0 Å². The van der Waals surface area contributed by atoms with Gasteiger partial charge in [0.15, 0.2) is 5.82 Å². The molecule has 1 saturated heterocycles. The van der Waals surface area contributed by atoms with Gasteiger partial charge in [-0.2, -0.15) is 4.98 Å². The Morgan fingerprint density at radius 1 is 1.46 bits per heavy atom. The first-order valence-electron chi connectivity index (χ1n) is 8.73. The molecule has 6 heteroatoms. The highest BCUT2D eigenvalue weighted by Crippen LogP contribution is 2.37. The van der Waals surface area contributed by atoms with Crippen LogP contribution in [0.15, 0.2) is 29.0 Å². The number of aryl methyl sites for hydroxylation is 1. The predicted molar refractivity (Wildman–Crippen MR) is 92.4 cm³/mol. The van der Waals surface area contributed by atoms with Crippen LogP contribution >= 0.6 is 0 Å². The molecule has 0 saturated carbocycles. The first-order chi connectivity index (χ1) is 11.6. The second-order valence-corrected chi connectivity index (χ2v) is 6.78. The van der Waals surface area contributed by atoms with Crippen molar-refractivity contribution in [1.82, 2.24) is 24.9 Å². The van der Waals surface area contributed by atoms with Crippen LogP contribution in [0.25, 0.3) is 0 Å². The average molecular weight is 329 g/mol. The lowest BCUT2D eigenvalue weighted by Gasteiger charge is -2.30. The SMILES string of the molecule is CCc1noc(C(C)N(C)C[C@@H]2CCN(C)[C@H]2c2cccnc2)n1. The maximum absolute atomic E-state index is 5.41. The Morgan fingerprint density at radius 2 is 2.29 bits per heavy atom. The highest BCUT2D eigenvalue weighted by molar-refractivity contribution is 5.17. The summed E-state index contributed by atoms with van der Waals surface area (Å²) in [6.07, 6.45) is 5.82. The summed E-state index contributed by atoms with van der Waals surface area (Å²) in [5.74, 6) is 2.05. The summed E-state index contributed by atoms with van der Waals surface area (Å²) in [6, 6.07) is 4.75. The molecule has 3 heterocycles. The lowest BCUT2D eigenvalue weighted by molar-refractivity contribution is 0.162. The molecule has 2 aromatic heterocycles. The van der Waals surface area contributed by atoms with Crippen LogP contribution in [0.3, 0.4) is 0 Å². The Kier molecular flexibility index (Phi) is 5.26. The largest absolute Gasteiger partial charge is 0.338 e. The highest BCUT2D eigenvalue weighted by Gasteiger charge is 2.34. The maximum Gasteiger partial charge on any atom is 0.243 e. The molecule has 0 bridgehead atoms. The topological polar surface area (TPSA) is 58.3 Å².